The first-order chi connectivity index (χ1) is 17.2. The van der Waals surface area contributed by atoms with Crippen molar-refractivity contribution >= 4 is 22.8 Å². The predicted octanol–water partition coefficient (Wildman–Crippen LogP) is 4.58. The Kier molecular flexibility index (Phi) is 6.88. The third-order valence-electron chi connectivity index (χ3n) is 6.25. The highest BCUT2D eigenvalue weighted by Crippen LogP contribution is 2.31. The number of benzene rings is 2. The van der Waals surface area contributed by atoms with Gasteiger partial charge in [-0.05, 0) is 86.2 Å². The van der Waals surface area contributed by atoms with Gasteiger partial charge in [-0.1, -0.05) is 0 Å². The van der Waals surface area contributed by atoms with Crippen molar-refractivity contribution in [1.82, 2.24) is 25.5 Å². The van der Waals surface area contributed by atoms with Crippen LogP contribution in [0.15, 0.2) is 60.9 Å². The number of nitrogens with zero attached hydrogens (tertiary/aromatic N) is 5. The lowest BCUT2D eigenvalue weighted by molar-refractivity contribution is 0.0953. The van der Waals surface area contributed by atoms with Crippen LogP contribution in [0.5, 0.6) is 0 Å². The molecule has 4 aromatic rings. The molecular formula is C27H27FN6O. The van der Waals surface area contributed by atoms with Crippen LogP contribution >= 0.6 is 0 Å². The second-order valence-corrected chi connectivity index (χ2v) is 8.76. The maximum atomic E-state index is 13.6. The van der Waals surface area contributed by atoms with Gasteiger partial charge in [-0.25, -0.2) is 14.4 Å². The van der Waals surface area contributed by atoms with Crippen molar-refractivity contribution in [3.8, 4) is 11.3 Å². The average molecular weight is 471 g/mol. The van der Waals surface area contributed by atoms with E-state index in [1.165, 1.54) is 18.6 Å². The highest BCUT2D eigenvalue weighted by Gasteiger charge is 2.20. The van der Waals surface area contributed by atoms with Crippen LogP contribution in [-0.4, -0.2) is 45.7 Å². The molecule has 1 fully saturated rings. The first kappa shape index (κ1) is 22.8. The van der Waals surface area contributed by atoms with Gasteiger partial charge in [0.25, 0.3) is 5.91 Å². The average Bonchev–Trinajstić information content (AvgIpc) is 2.91. The monoisotopic (exact) mass is 470 g/mol. The van der Waals surface area contributed by atoms with Crippen molar-refractivity contribution in [1.29, 1.82) is 0 Å². The second kappa shape index (κ2) is 10.5. The molecule has 0 spiro atoms. The molecule has 3 heterocycles. The van der Waals surface area contributed by atoms with E-state index in [1.807, 2.05) is 12.1 Å². The Morgan fingerprint density at radius 2 is 1.77 bits per heavy atom. The second-order valence-electron chi connectivity index (χ2n) is 8.76. The molecule has 0 atom stereocenters. The molecule has 0 saturated carbocycles. The molecule has 178 valence electrons. The first-order valence-electron chi connectivity index (χ1n) is 12.0. The van der Waals surface area contributed by atoms with Crippen LogP contribution in [0.3, 0.4) is 0 Å². The number of rotatable bonds is 7. The Morgan fingerprint density at radius 3 is 2.54 bits per heavy atom. The molecule has 1 aliphatic heterocycles. The molecule has 0 aliphatic carbocycles. The van der Waals surface area contributed by atoms with E-state index in [4.69, 9.17) is 9.97 Å². The van der Waals surface area contributed by atoms with Crippen molar-refractivity contribution in [3.63, 3.8) is 0 Å². The third-order valence-corrected chi connectivity index (χ3v) is 6.25. The minimum absolute atomic E-state index is 0.148. The number of piperidine rings is 1. The fourth-order valence-electron chi connectivity index (χ4n) is 4.38. The molecule has 1 N–H and O–H groups in total. The van der Waals surface area contributed by atoms with Gasteiger partial charge in [0.2, 0.25) is 0 Å². The summed E-state index contributed by atoms with van der Waals surface area (Å²) in [6.45, 7) is 2.40. The lowest BCUT2D eigenvalue weighted by Crippen LogP contribution is -2.31. The van der Waals surface area contributed by atoms with E-state index in [1.54, 1.807) is 36.7 Å². The Hall–Kier alpha value is -3.94. The maximum absolute atomic E-state index is 13.6. The van der Waals surface area contributed by atoms with E-state index < -0.39 is 0 Å². The zero-order valence-corrected chi connectivity index (χ0v) is 19.5. The number of nitrogens with one attached hydrogen (secondary N) is 1. The van der Waals surface area contributed by atoms with E-state index in [9.17, 15) is 9.18 Å². The molecule has 0 unspecified atom stereocenters. The van der Waals surface area contributed by atoms with Gasteiger partial charge in [-0.2, -0.15) is 10.2 Å². The molecule has 1 aliphatic rings. The first-order valence-corrected chi connectivity index (χ1v) is 12.0. The number of hydrogen-bond acceptors (Lipinski definition) is 6. The quantitative estimate of drug-likeness (QED) is 0.398. The zero-order chi connectivity index (χ0) is 24.0. The molecular weight excluding hydrogens is 443 g/mol. The summed E-state index contributed by atoms with van der Waals surface area (Å²) in [5.41, 5.74) is 4.52. The number of aromatic nitrogens is 4. The summed E-state index contributed by atoms with van der Waals surface area (Å²) >= 11 is 0. The van der Waals surface area contributed by atoms with Gasteiger partial charge in [-0.15, -0.1) is 0 Å². The van der Waals surface area contributed by atoms with E-state index in [2.05, 4.69) is 20.4 Å². The molecule has 35 heavy (non-hydrogen) atoms. The van der Waals surface area contributed by atoms with Gasteiger partial charge in [0.15, 0.2) is 5.82 Å². The summed E-state index contributed by atoms with van der Waals surface area (Å²) < 4.78 is 13.6. The summed E-state index contributed by atoms with van der Waals surface area (Å²) in [6, 6.07) is 13.7. The predicted molar refractivity (Wildman–Crippen MR) is 134 cm³/mol. The van der Waals surface area contributed by atoms with Crippen LogP contribution in [0, 0.1) is 5.82 Å². The Morgan fingerprint density at radius 1 is 0.943 bits per heavy atom. The van der Waals surface area contributed by atoms with Crippen LogP contribution in [0.2, 0.25) is 0 Å². The standard InChI is InChI=1S/C27H27FN6O/c28-22-9-6-20(7-10-22)25-26(34-15-2-1-3-16-34)33-23-11-8-21(17-24(23)32-25)27(35)29-13-4-5-19-12-14-30-31-18-19/h6-12,14,17-18H,1-5,13,15-16H2,(H,29,35). The molecule has 7 nitrogen and oxygen atoms in total. The molecule has 2 aromatic carbocycles. The smallest absolute Gasteiger partial charge is 0.251 e. The number of carbonyl (C=O) groups excluding carboxylic acids is 1. The van der Waals surface area contributed by atoms with Crippen molar-refractivity contribution in [2.75, 3.05) is 24.5 Å². The van der Waals surface area contributed by atoms with Crippen molar-refractivity contribution in [2.45, 2.75) is 32.1 Å². The number of anilines is 1. The lowest BCUT2D eigenvalue weighted by Gasteiger charge is -2.29. The van der Waals surface area contributed by atoms with E-state index in [-0.39, 0.29) is 11.7 Å². The summed E-state index contributed by atoms with van der Waals surface area (Å²) in [7, 11) is 0. The summed E-state index contributed by atoms with van der Waals surface area (Å²) in [5.74, 6) is 0.373. The van der Waals surface area contributed by atoms with E-state index in [0.29, 0.717) is 23.3 Å². The van der Waals surface area contributed by atoms with Crippen molar-refractivity contribution < 1.29 is 9.18 Å². The highest BCUT2D eigenvalue weighted by molar-refractivity contribution is 5.97. The van der Waals surface area contributed by atoms with Gasteiger partial charge >= 0.3 is 0 Å². The number of fused-ring (bicyclic) bond motifs is 1. The van der Waals surface area contributed by atoms with Gasteiger partial charge < -0.3 is 10.2 Å². The number of aryl methyl sites for hydroxylation is 1. The summed E-state index contributed by atoms with van der Waals surface area (Å²) in [4.78, 5) is 24.9. The van der Waals surface area contributed by atoms with Gasteiger partial charge in [0.05, 0.1) is 17.2 Å². The Labute approximate surface area is 203 Å². The molecule has 1 amide bonds. The fraction of sp³-hybridized carbons (Fsp3) is 0.296. The number of carbonyl (C=O) groups is 1. The molecule has 8 heteroatoms. The Balaban J connectivity index is 1.38. The minimum atomic E-state index is -0.291. The molecule has 5 rings (SSSR count). The fourth-order valence-corrected chi connectivity index (χ4v) is 4.38. The van der Waals surface area contributed by atoms with Crippen LogP contribution in [0.1, 0.15) is 41.6 Å². The van der Waals surface area contributed by atoms with Gasteiger partial charge in [0.1, 0.15) is 11.5 Å². The van der Waals surface area contributed by atoms with Crippen LogP contribution < -0.4 is 10.2 Å². The maximum Gasteiger partial charge on any atom is 0.251 e. The van der Waals surface area contributed by atoms with Crippen LogP contribution in [0.25, 0.3) is 22.3 Å². The SMILES string of the molecule is O=C(NCCCc1ccnnc1)c1ccc2nc(N3CCCCC3)c(-c3ccc(F)cc3)nc2c1. The number of amides is 1. The number of hydrogen-bond donors (Lipinski definition) is 1. The highest BCUT2D eigenvalue weighted by atomic mass is 19.1. The lowest BCUT2D eigenvalue weighted by atomic mass is 10.1. The van der Waals surface area contributed by atoms with E-state index in [0.717, 1.165) is 61.2 Å². The molecule has 0 radical (unpaired) electrons. The topological polar surface area (TPSA) is 83.9 Å². The van der Waals surface area contributed by atoms with E-state index >= 15 is 0 Å². The summed E-state index contributed by atoms with van der Waals surface area (Å²) in [6.07, 6.45) is 8.46. The van der Waals surface area contributed by atoms with Crippen LogP contribution in [0.4, 0.5) is 10.2 Å². The molecule has 0 bridgehead atoms. The third kappa shape index (κ3) is 5.42. The zero-order valence-electron chi connectivity index (χ0n) is 19.5. The van der Waals surface area contributed by atoms with Gasteiger partial charge in [0, 0.05) is 37.0 Å². The molecule has 2 aromatic heterocycles. The normalized spacial score (nSPS) is 13.7. The van der Waals surface area contributed by atoms with Gasteiger partial charge in [-0.3, -0.25) is 4.79 Å². The minimum Gasteiger partial charge on any atom is -0.355 e. The van der Waals surface area contributed by atoms with Crippen molar-refractivity contribution in [3.05, 3.63) is 77.9 Å². The molecule has 1 saturated heterocycles. The van der Waals surface area contributed by atoms with Crippen LogP contribution in [-0.2, 0) is 6.42 Å². The Bertz CT molecular complexity index is 1310. The number of halogens is 1. The summed E-state index contributed by atoms with van der Waals surface area (Å²) in [5, 5.41) is 10.6. The largest absolute Gasteiger partial charge is 0.355 e. The van der Waals surface area contributed by atoms with Crippen molar-refractivity contribution in [2.24, 2.45) is 0 Å².